The third kappa shape index (κ3) is 2.52. The van der Waals surface area contributed by atoms with E-state index < -0.39 is 0 Å². The van der Waals surface area contributed by atoms with Gasteiger partial charge in [0.05, 0.1) is 23.1 Å². The van der Waals surface area contributed by atoms with Gasteiger partial charge in [0.25, 0.3) is 5.91 Å². The van der Waals surface area contributed by atoms with Crippen molar-refractivity contribution in [2.75, 3.05) is 13.1 Å². The molecule has 0 spiro atoms. The molecule has 2 aromatic rings. The molecular weight excluding hydrogens is 276 g/mol. The molecule has 1 fully saturated rings. The zero-order valence-electron chi connectivity index (χ0n) is 13.1. The summed E-state index contributed by atoms with van der Waals surface area (Å²) in [4.78, 5) is 14.7. The summed E-state index contributed by atoms with van der Waals surface area (Å²) < 4.78 is 1.81. The number of nitrogens with two attached hydrogens (primary N) is 1. The molecule has 1 aromatic carbocycles. The molecule has 0 bridgehead atoms. The standard InChI is InChI=1S/C17H22N4O/c1-12-8-14(9-18)11-20(12)17(22)16-10-19-21(13(16)2)15-6-4-3-5-7-15/h3-7,10,12,14H,8-9,11,18H2,1-2H3. The fourth-order valence-corrected chi connectivity index (χ4v) is 3.20. The highest BCUT2D eigenvalue weighted by Crippen LogP contribution is 2.25. The summed E-state index contributed by atoms with van der Waals surface area (Å²) in [7, 11) is 0. The maximum Gasteiger partial charge on any atom is 0.257 e. The Bertz CT molecular complexity index is 665. The number of rotatable bonds is 3. The van der Waals surface area contributed by atoms with E-state index in [9.17, 15) is 4.79 Å². The first kappa shape index (κ1) is 14.8. The zero-order valence-corrected chi connectivity index (χ0v) is 13.1. The summed E-state index contributed by atoms with van der Waals surface area (Å²) in [6.07, 6.45) is 2.65. The lowest BCUT2D eigenvalue weighted by Crippen LogP contribution is -2.34. The van der Waals surface area contributed by atoms with Crippen LogP contribution in [0.4, 0.5) is 0 Å². The van der Waals surface area contributed by atoms with E-state index in [0.717, 1.165) is 24.3 Å². The van der Waals surface area contributed by atoms with Gasteiger partial charge in [0.1, 0.15) is 0 Å². The highest BCUT2D eigenvalue weighted by molar-refractivity contribution is 5.95. The number of amides is 1. The molecule has 2 unspecified atom stereocenters. The number of nitrogens with zero attached hydrogens (tertiary/aromatic N) is 3. The largest absolute Gasteiger partial charge is 0.335 e. The Morgan fingerprint density at radius 2 is 2.09 bits per heavy atom. The molecule has 1 amide bonds. The Balaban J connectivity index is 1.87. The molecule has 1 saturated heterocycles. The normalized spacial score (nSPS) is 21.3. The van der Waals surface area contributed by atoms with Gasteiger partial charge in [-0.05, 0) is 44.9 Å². The molecule has 2 atom stereocenters. The van der Waals surface area contributed by atoms with E-state index in [0.29, 0.717) is 18.0 Å². The molecule has 2 heterocycles. The van der Waals surface area contributed by atoms with Gasteiger partial charge in [-0.2, -0.15) is 5.10 Å². The maximum atomic E-state index is 12.8. The third-order valence-corrected chi connectivity index (χ3v) is 4.50. The summed E-state index contributed by atoms with van der Waals surface area (Å²) in [5, 5.41) is 4.39. The summed E-state index contributed by atoms with van der Waals surface area (Å²) >= 11 is 0. The molecule has 1 aliphatic heterocycles. The lowest BCUT2D eigenvalue weighted by atomic mass is 10.1. The van der Waals surface area contributed by atoms with Crippen LogP contribution in [-0.4, -0.2) is 39.7 Å². The van der Waals surface area contributed by atoms with Gasteiger partial charge in [-0.25, -0.2) is 4.68 Å². The number of benzene rings is 1. The van der Waals surface area contributed by atoms with Crippen LogP contribution in [0.5, 0.6) is 0 Å². The van der Waals surface area contributed by atoms with Crippen molar-refractivity contribution in [2.45, 2.75) is 26.3 Å². The van der Waals surface area contributed by atoms with Crippen molar-refractivity contribution in [1.29, 1.82) is 0 Å². The number of aromatic nitrogens is 2. The molecule has 1 aromatic heterocycles. The van der Waals surface area contributed by atoms with Gasteiger partial charge in [0.15, 0.2) is 0 Å². The van der Waals surface area contributed by atoms with Gasteiger partial charge < -0.3 is 10.6 Å². The average Bonchev–Trinajstić information content (AvgIpc) is 3.10. The van der Waals surface area contributed by atoms with Gasteiger partial charge in [0.2, 0.25) is 0 Å². The summed E-state index contributed by atoms with van der Waals surface area (Å²) in [5.74, 6) is 0.464. The molecule has 0 radical (unpaired) electrons. The second kappa shape index (κ2) is 5.93. The predicted molar refractivity (Wildman–Crippen MR) is 86.0 cm³/mol. The minimum atomic E-state index is 0.0585. The van der Waals surface area contributed by atoms with Crippen molar-refractivity contribution in [3.05, 3.63) is 47.8 Å². The fraction of sp³-hybridized carbons (Fsp3) is 0.412. The Kier molecular flexibility index (Phi) is 3.98. The Morgan fingerprint density at radius 3 is 2.73 bits per heavy atom. The SMILES string of the molecule is Cc1c(C(=O)N2CC(CN)CC2C)cnn1-c1ccccc1. The molecule has 0 saturated carbocycles. The van der Waals surface area contributed by atoms with Crippen LogP contribution in [0.2, 0.25) is 0 Å². The number of hydrogen-bond acceptors (Lipinski definition) is 3. The third-order valence-electron chi connectivity index (χ3n) is 4.50. The fourth-order valence-electron chi connectivity index (χ4n) is 3.20. The van der Waals surface area contributed by atoms with Crippen LogP contribution in [0.25, 0.3) is 5.69 Å². The minimum Gasteiger partial charge on any atom is -0.335 e. The second-order valence-corrected chi connectivity index (χ2v) is 6.03. The molecule has 0 aliphatic carbocycles. The highest BCUT2D eigenvalue weighted by atomic mass is 16.2. The van der Waals surface area contributed by atoms with E-state index in [1.54, 1.807) is 6.20 Å². The van der Waals surface area contributed by atoms with Crippen LogP contribution in [0, 0.1) is 12.8 Å². The maximum absolute atomic E-state index is 12.8. The van der Waals surface area contributed by atoms with Crippen LogP contribution >= 0.6 is 0 Å². The van der Waals surface area contributed by atoms with Crippen molar-refractivity contribution < 1.29 is 4.79 Å². The van der Waals surface area contributed by atoms with Crippen LogP contribution in [-0.2, 0) is 0 Å². The monoisotopic (exact) mass is 298 g/mol. The molecule has 5 heteroatoms. The van der Waals surface area contributed by atoms with Crippen LogP contribution in [0.3, 0.4) is 0 Å². The molecule has 22 heavy (non-hydrogen) atoms. The Morgan fingerprint density at radius 1 is 1.36 bits per heavy atom. The predicted octanol–water partition coefficient (Wildman–Crippen LogP) is 1.99. The zero-order chi connectivity index (χ0) is 15.7. The lowest BCUT2D eigenvalue weighted by molar-refractivity contribution is 0.0742. The number of carbonyl (C=O) groups is 1. The summed E-state index contributed by atoms with van der Waals surface area (Å²) in [6.45, 7) is 5.40. The highest BCUT2D eigenvalue weighted by Gasteiger charge is 2.33. The Labute approximate surface area is 130 Å². The van der Waals surface area contributed by atoms with E-state index >= 15 is 0 Å². The average molecular weight is 298 g/mol. The van der Waals surface area contributed by atoms with Crippen LogP contribution in [0.1, 0.15) is 29.4 Å². The molecule has 2 N–H and O–H groups in total. The van der Waals surface area contributed by atoms with Crippen molar-refractivity contribution >= 4 is 5.91 Å². The van der Waals surface area contributed by atoms with Crippen LogP contribution in [0.15, 0.2) is 36.5 Å². The van der Waals surface area contributed by atoms with Gasteiger partial charge in [0, 0.05) is 12.6 Å². The number of hydrogen-bond donors (Lipinski definition) is 1. The summed E-state index contributed by atoms with van der Waals surface area (Å²) in [5.41, 5.74) is 8.27. The van der Waals surface area contributed by atoms with Crippen LogP contribution < -0.4 is 5.73 Å². The van der Waals surface area contributed by atoms with Crippen molar-refractivity contribution in [3.8, 4) is 5.69 Å². The number of likely N-dealkylation sites (tertiary alicyclic amines) is 1. The minimum absolute atomic E-state index is 0.0585. The van der Waals surface area contributed by atoms with Crippen molar-refractivity contribution in [3.63, 3.8) is 0 Å². The van der Waals surface area contributed by atoms with Crippen molar-refractivity contribution in [1.82, 2.24) is 14.7 Å². The quantitative estimate of drug-likeness (QED) is 0.942. The van der Waals surface area contributed by atoms with Gasteiger partial charge in [-0.3, -0.25) is 4.79 Å². The van der Waals surface area contributed by atoms with Gasteiger partial charge in [-0.1, -0.05) is 18.2 Å². The van der Waals surface area contributed by atoms with E-state index in [-0.39, 0.29) is 11.9 Å². The topological polar surface area (TPSA) is 64.2 Å². The molecule has 1 aliphatic rings. The molecule has 3 rings (SSSR count). The van der Waals surface area contributed by atoms with E-state index in [4.69, 9.17) is 5.73 Å². The molecular formula is C17H22N4O. The Hall–Kier alpha value is -2.14. The molecule has 116 valence electrons. The van der Waals surface area contributed by atoms with E-state index in [1.807, 2.05) is 46.8 Å². The number of para-hydroxylation sites is 1. The lowest BCUT2D eigenvalue weighted by Gasteiger charge is -2.21. The first-order valence-corrected chi connectivity index (χ1v) is 7.73. The van der Waals surface area contributed by atoms with E-state index in [1.165, 1.54) is 0 Å². The first-order chi connectivity index (χ1) is 10.6. The number of carbonyl (C=O) groups excluding carboxylic acids is 1. The molecule has 5 nitrogen and oxygen atoms in total. The van der Waals surface area contributed by atoms with Gasteiger partial charge in [-0.15, -0.1) is 0 Å². The van der Waals surface area contributed by atoms with Crippen molar-refractivity contribution in [2.24, 2.45) is 11.7 Å². The smallest absolute Gasteiger partial charge is 0.257 e. The van der Waals surface area contributed by atoms with Gasteiger partial charge >= 0.3 is 0 Å². The van der Waals surface area contributed by atoms with E-state index in [2.05, 4.69) is 12.0 Å². The second-order valence-electron chi connectivity index (χ2n) is 6.03. The summed E-state index contributed by atoms with van der Waals surface area (Å²) in [6, 6.07) is 10.1. The first-order valence-electron chi connectivity index (χ1n) is 7.73.